The Morgan fingerprint density at radius 1 is 1.00 bits per heavy atom. The third-order valence-electron chi connectivity index (χ3n) is 2.37. The van der Waals surface area contributed by atoms with Crippen LogP contribution in [-0.2, 0) is 6.54 Å². The van der Waals surface area contributed by atoms with Gasteiger partial charge in [0.15, 0.2) is 17.5 Å². The number of hydrogen-bond acceptors (Lipinski definition) is 1. The Balaban J connectivity index is 2.11. The van der Waals surface area contributed by atoms with Crippen molar-refractivity contribution in [1.82, 2.24) is 0 Å². The third kappa shape index (κ3) is 2.96. The molecule has 0 saturated heterocycles. The van der Waals surface area contributed by atoms with Crippen LogP contribution in [0.4, 0.5) is 18.9 Å². The van der Waals surface area contributed by atoms with E-state index in [1.54, 1.807) is 18.2 Å². The summed E-state index contributed by atoms with van der Waals surface area (Å²) >= 11 is 5.80. The average Bonchev–Trinajstić information content (AvgIpc) is 2.33. The molecule has 5 heteroatoms. The van der Waals surface area contributed by atoms with E-state index in [0.29, 0.717) is 11.6 Å². The summed E-state index contributed by atoms with van der Waals surface area (Å²) in [6.45, 7) is 0.338. The van der Waals surface area contributed by atoms with Crippen molar-refractivity contribution in [3.8, 4) is 0 Å². The third-order valence-corrected chi connectivity index (χ3v) is 2.60. The number of rotatable bonds is 3. The molecule has 2 rings (SSSR count). The zero-order valence-corrected chi connectivity index (χ0v) is 9.94. The first-order valence-electron chi connectivity index (χ1n) is 5.19. The van der Waals surface area contributed by atoms with Crippen molar-refractivity contribution >= 4 is 17.3 Å². The highest BCUT2D eigenvalue weighted by Gasteiger charge is 2.10. The van der Waals surface area contributed by atoms with E-state index >= 15 is 0 Å². The number of benzene rings is 2. The van der Waals surface area contributed by atoms with E-state index < -0.39 is 17.5 Å². The maximum Gasteiger partial charge on any atom is 0.194 e. The Morgan fingerprint density at radius 3 is 2.28 bits per heavy atom. The molecule has 0 fully saturated rings. The van der Waals surface area contributed by atoms with Gasteiger partial charge in [-0.1, -0.05) is 23.7 Å². The second kappa shape index (κ2) is 5.31. The summed E-state index contributed by atoms with van der Waals surface area (Å²) in [6.07, 6.45) is 0. The highest BCUT2D eigenvalue weighted by atomic mass is 35.5. The summed E-state index contributed by atoms with van der Waals surface area (Å²) in [5.74, 6) is -3.91. The van der Waals surface area contributed by atoms with Gasteiger partial charge < -0.3 is 5.32 Å². The molecule has 0 heterocycles. The first-order chi connectivity index (χ1) is 8.56. The Kier molecular flexibility index (Phi) is 3.77. The fourth-order valence-electron chi connectivity index (χ4n) is 1.51. The molecule has 0 aliphatic carbocycles. The lowest BCUT2D eigenvalue weighted by atomic mass is 10.2. The molecule has 2 aromatic carbocycles. The van der Waals surface area contributed by atoms with Crippen molar-refractivity contribution < 1.29 is 13.2 Å². The minimum absolute atomic E-state index is 0.173. The summed E-state index contributed by atoms with van der Waals surface area (Å²) < 4.78 is 38.6. The average molecular weight is 272 g/mol. The fourth-order valence-corrected chi connectivity index (χ4v) is 1.72. The summed E-state index contributed by atoms with van der Waals surface area (Å²) in [5.41, 5.74) is 1.03. The largest absolute Gasteiger partial charge is 0.381 e. The minimum atomic E-state index is -1.47. The van der Waals surface area contributed by atoms with E-state index in [1.165, 1.54) is 0 Å². The fraction of sp³-hybridized carbons (Fsp3) is 0.0769. The summed E-state index contributed by atoms with van der Waals surface area (Å²) in [6, 6.07) is 8.85. The molecule has 0 unspecified atom stereocenters. The number of anilines is 1. The van der Waals surface area contributed by atoms with Crippen LogP contribution in [0.2, 0.25) is 5.02 Å². The van der Waals surface area contributed by atoms with Gasteiger partial charge in [-0.05, 0) is 17.7 Å². The van der Waals surface area contributed by atoms with Crippen molar-refractivity contribution in [3.05, 3.63) is 64.4 Å². The Hall–Kier alpha value is -1.68. The van der Waals surface area contributed by atoms with Crippen molar-refractivity contribution in [1.29, 1.82) is 0 Å². The Morgan fingerprint density at radius 2 is 1.67 bits per heavy atom. The van der Waals surface area contributed by atoms with Gasteiger partial charge in [0, 0.05) is 29.4 Å². The standard InChI is InChI=1S/C13H9ClF3N/c14-9-3-1-2-8(4-9)7-18-10-5-11(15)13(17)12(16)6-10/h1-6,18H,7H2. The first kappa shape index (κ1) is 12.8. The quantitative estimate of drug-likeness (QED) is 0.818. The predicted molar refractivity (Wildman–Crippen MR) is 65.1 cm³/mol. The van der Waals surface area contributed by atoms with E-state index in [2.05, 4.69) is 5.32 Å². The molecule has 1 N–H and O–H groups in total. The molecule has 0 atom stereocenters. The van der Waals surface area contributed by atoms with Gasteiger partial charge in [-0.3, -0.25) is 0 Å². The van der Waals surface area contributed by atoms with Crippen LogP contribution in [0.3, 0.4) is 0 Å². The van der Waals surface area contributed by atoms with Crippen LogP contribution < -0.4 is 5.32 Å². The first-order valence-corrected chi connectivity index (χ1v) is 5.57. The van der Waals surface area contributed by atoms with Gasteiger partial charge in [0.25, 0.3) is 0 Å². The van der Waals surface area contributed by atoms with Gasteiger partial charge in [-0.2, -0.15) is 0 Å². The second-order valence-electron chi connectivity index (χ2n) is 3.74. The van der Waals surface area contributed by atoms with E-state index in [-0.39, 0.29) is 5.69 Å². The molecule has 94 valence electrons. The van der Waals surface area contributed by atoms with Crippen LogP contribution >= 0.6 is 11.6 Å². The normalized spacial score (nSPS) is 10.4. The predicted octanol–water partition coefficient (Wildman–Crippen LogP) is 4.37. The molecular weight excluding hydrogens is 263 g/mol. The van der Waals surface area contributed by atoms with E-state index in [9.17, 15) is 13.2 Å². The zero-order chi connectivity index (χ0) is 13.1. The van der Waals surface area contributed by atoms with Gasteiger partial charge in [-0.25, -0.2) is 13.2 Å². The summed E-state index contributed by atoms with van der Waals surface area (Å²) in [7, 11) is 0. The highest BCUT2D eigenvalue weighted by Crippen LogP contribution is 2.18. The van der Waals surface area contributed by atoms with Gasteiger partial charge in [0.2, 0.25) is 0 Å². The smallest absolute Gasteiger partial charge is 0.194 e. The number of nitrogens with one attached hydrogen (secondary N) is 1. The van der Waals surface area contributed by atoms with Crippen LogP contribution in [0, 0.1) is 17.5 Å². The number of hydrogen-bond donors (Lipinski definition) is 1. The van der Waals surface area contributed by atoms with Crippen LogP contribution in [-0.4, -0.2) is 0 Å². The lowest BCUT2D eigenvalue weighted by molar-refractivity contribution is 0.447. The molecule has 0 saturated carbocycles. The SMILES string of the molecule is Fc1cc(NCc2cccc(Cl)c2)cc(F)c1F. The van der Waals surface area contributed by atoms with Gasteiger partial charge >= 0.3 is 0 Å². The molecule has 1 nitrogen and oxygen atoms in total. The van der Waals surface area contributed by atoms with Gasteiger partial charge in [-0.15, -0.1) is 0 Å². The van der Waals surface area contributed by atoms with Crippen molar-refractivity contribution in [3.63, 3.8) is 0 Å². The van der Waals surface area contributed by atoms with Crippen LogP contribution in [0.15, 0.2) is 36.4 Å². The molecule has 0 amide bonds. The van der Waals surface area contributed by atoms with Crippen molar-refractivity contribution in [2.45, 2.75) is 6.54 Å². The molecule has 0 aliphatic rings. The van der Waals surface area contributed by atoms with Crippen molar-refractivity contribution in [2.24, 2.45) is 0 Å². The second-order valence-corrected chi connectivity index (χ2v) is 4.17. The molecule has 0 bridgehead atoms. The van der Waals surface area contributed by atoms with Crippen LogP contribution in [0.25, 0.3) is 0 Å². The van der Waals surface area contributed by atoms with E-state index in [0.717, 1.165) is 17.7 Å². The molecule has 0 aromatic heterocycles. The monoisotopic (exact) mass is 271 g/mol. The van der Waals surface area contributed by atoms with E-state index in [1.807, 2.05) is 6.07 Å². The van der Waals surface area contributed by atoms with Crippen LogP contribution in [0.5, 0.6) is 0 Å². The van der Waals surface area contributed by atoms with Crippen molar-refractivity contribution in [2.75, 3.05) is 5.32 Å². The highest BCUT2D eigenvalue weighted by molar-refractivity contribution is 6.30. The van der Waals surface area contributed by atoms with Gasteiger partial charge in [0.05, 0.1) is 0 Å². The Bertz CT molecular complexity index is 549. The zero-order valence-electron chi connectivity index (χ0n) is 9.18. The molecule has 18 heavy (non-hydrogen) atoms. The maximum atomic E-state index is 13.0. The maximum absolute atomic E-state index is 13.0. The van der Waals surface area contributed by atoms with Crippen LogP contribution in [0.1, 0.15) is 5.56 Å². The topological polar surface area (TPSA) is 12.0 Å². The molecule has 0 spiro atoms. The molecule has 0 radical (unpaired) electrons. The van der Waals surface area contributed by atoms with E-state index in [4.69, 9.17) is 11.6 Å². The number of halogens is 4. The summed E-state index contributed by atoms with van der Waals surface area (Å²) in [5, 5.41) is 3.37. The lowest BCUT2D eigenvalue weighted by Crippen LogP contribution is -2.01. The molecule has 0 aliphatic heterocycles. The summed E-state index contributed by atoms with van der Waals surface area (Å²) in [4.78, 5) is 0. The lowest BCUT2D eigenvalue weighted by Gasteiger charge is -2.07. The molecule has 2 aromatic rings. The molecular formula is C13H9ClF3N. The minimum Gasteiger partial charge on any atom is -0.381 e. The van der Waals surface area contributed by atoms with Gasteiger partial charge in [0.1, 0.15) is 0 Å². The Labute approximate surface area is 107 Å².